The van der Waals surface area contributed by atoms with Crippen molar-refractivity contribution in [3.63, 3.8) is 0 Å². The number of alkyl halides is 3. The van der Waals surface area contributed by atoms with E-state index in [9.17, 15) is 23.1 Å². The van der Waals surface area contributed by atoms with Crippen molar-refractivity contribution in [3.8, 4) is 0 Å². The molecule has 22 heavy (non-hydrogen) atoms. The van der Waals surface area contributed by atoms with E-state index >= 15 is 0 Å². The smallest absolute Gasteiger partial charge is 0.362 e. The van der Waals surface area contributed by atoms with E-state index in [-0.39, 0.29) is 22.2 Å². The number of nitrogens with zero attached hydrogens (tertiary/aromatic N) is 1. The summed E-state index contributed by atoms with van der Waals surface area (Å²) >= 11 is 0. The summed E-state index contributed by atoms with van der Waals surface area (Å²) in [6, 6.07) is 6.24. The Morgan fingerprint density at radius 2 is 1.91 bits per heavy atom. The Hall–Kier alpha value is -2.02. The third-order valence-electron chi connectivity index (χ3n) is 3.58. The molecule has 1 fully saturated rings. The number of halogens is 3. The van der Waals surface area contributed by atoms with Crippen molar-refractivity contribution in [1.29, 1.82) is 0 Å². The van der Waals surface area contributed by atoms with E-state index in [4.69, 9.17) is 0 Å². The Balaban J connectivity index is 2.33. The largest absolute Gasteiger partial charge is 0.438 e. The molecule has 1 heterocycles. The summed E-state index contributed by atoms with van der Waals surface area (Å²) in [6.45, 7) is 7.29. The third-order valence-corrected chi connectivity index (χ3v) is 3.58. The second-order valence-electron chi connectivity index (χ2n) is 5.62. The van der Waals surface area contributed by atoms with E-state index in [2.05, 4.69) is 12.0 Å². The number of nitrogens with one attached hydrogen (secondary N) is 1. The Kier molecular flexibility index (Phi) is 3.95. The van der Waals surface area contributed by atoms with Gasteiger partial charge in [0.2, 0.25) is 0 Å². The summed E-state index contributed by atoms with van der Waals surface area (Å²) in [5.41, 5.74) is -0.155. The Labute approximate surface area is 126 Å². The Morgan fingerprint density at radius 3 is 2.36 bits per heavy atom. The molecule has 0 spiro atoms. The number of hydrogen-bond donors (Lipinski definition) is 2. The van der Waals surface area contributed by atoms with E-state index in [1.165, 1.54) is 12.1 Å². The molecule has 1 aromatic carbocycles. The highest BCUT2D eigenvalue weighted by Gasteiger charge is 2.63. The molecule has 1 amide bonds. The number of rotatable bonds is 2. The van der Waals surface area contributed by atoms with E-state index in [0.717, 1.165) is 5.56 Å². The minimum Gasteiger partial charge on any atom is -0.362 e. The average Bonchev–Trinajstić information content (AvgIpc) is 2.74. The van der Waals surface area contributed by atoms with E-state index in [1.54, 1.807) is 12.1 Å². The highest BCUT2D eigenvalue weighted by molar-refractivity contribution is 5.94. The topological polar surface area (TPSA) is 52.6 Å². The van der Waals surface area contributed by atoms with Gasteiger partial charge in [0, 0.05) is 17.7 Å². The molecule has 1 aromatic rings. The Bertz CT molecular complexity index is 596. The van der Waals surface area contributed by atoms with Crippen LogP contribution in [0.15, 0.2) is 36.5 Å². The molecule has 1 atom stereocenters. The second-order valence-corrected chi connectivity index (χ2v) is 5.62. The van der Waals surface area contributed by atoms with Gasteiger partial charge in [0.05, 0.1) is 0 Å². The molecule has 0 radical (unpaired) electrons. The number of carbonyl (C=O) groups is 1. The van der Waals surface area contributed by atoms with Crippen LogP contribution in [0.1, 0.15) is 42.1 Å². The average molecular weight is 314 g/mol. The monoisotopic (exact) mass is 314 g/mol. The van der Waals surface area contributed by atoms with Crippen LogP contribution in [0.3, 0.4) is 0 Å². The molecule has 4 nitrogen and oxygen atoms in total. The first-order valence-electron chi connectivity index (χ1n) is 6.74. The van der Waals surface area contributed by atoms with Crippen molar-refractivity contribution >= 4 is 5.91 Å². The first-order valence-corrected chi connectivity index (χ1v) is 6.74. The van der Waals surface area contributed by atoms with Crippen molar-refractivity contribution in [2.45, 2.75) is 38.1 Å². The number of aliphatic hydroxyl groups is 1. The lowest BCUT2D eigenvalue weighted by Crippen LogP contribution is -2.59. The molecule has 0 aromatic heterocycles. The fourth-order valence-corrected chi connectivity index (χ4v) is 2.25. The number of amides is 1. The van der Waals surface area contributed by atoms with Gasteiger partial charge in [0.25, 0.3) is 11.6 Å². The highest BCUT2D eigenvalue weighted by atomic mass is 19.4. The van der Waals surface area contributed by atoms with Crippen LogP contribution in [0.5, 0.6) is 0 Å². The predicted octanol–water partition coefficient (Wildman–Crippen LogP) is 2.93. The molecule has 0 saturated carbocycles. The summed E-state index contributed by atoms with van der Waals surface area (Å²) in [4.78, 5) is 12.3. The molecule has 2 rings (SSSR count). The molecule has 1 saturated heterocycles. The number of carbonyl (C=O) groups excluding carboxylic acids is 1. The van der Waals surface area contributed by atoms with E-state index in [0.29, 0.717) is 0 Å². The maximum absolute atomic E-state index is 13.1. The molecule has 120 valence electrons. The molecule has 1 aliphatic rings. The normalized spacial score (nSPS) is 22.1. The minimum absolute atomic E-state index is 0.0503. The lowest BCUT2D eigenvalue weighted by atomic mass is 10.0. The zero-order chi connectivity index (χ0) is 16.7. The molecule has 1 unspecified atom stereocenters. The Morgan fingerprint density at radius 1 is 1.36 bits per heavy atom. The van der Waals surface area contributed by atoms with Gasteiger partial charge in [-0.25, -0.2) is 5.01 Å². The van der Waals surface area contributed by atoms with Gasteiger partial charge in [-0.05, 0) is 23.6 Å². The van der Waals surface area contributed by atoms with Gasteiger partial charge >= 0.3 is 6.18 Å². The standard InChI is InChI=1S/C15H17F3N2O2/c1-9(2)11-4-6-12(7-5-11)13(21)20-14(22,15(16,17)18)8-10(3)19-20/h4-7,9,19,22H,3,8H2,1-2H3. The summed E-state index contributed by atoms with van der Waals surface area (Å²) < 4.78 is 39.3. The fourth-order valence-electron chi connectivity index (χ4n) is 2.25. The number of hydrogen-bond acceptors (Lipinski definition) is 3. The van der Waals surface area contributed by atoms with Crippen molar-refractivity contribution in [2.24, 2.45) is 0 Å². The summed E-state index contributed by atoms with van der Waals surface area (Å²) in [7, 11) is 0. The van der Waals surface area contributed by atoms with Gasteiger partial charge in [0.1, 0.15) is 0 Å². The zero-order valence-corrected chi connectivity index (χ0v) is 12.2. The molecular weight excluding hydrogens is 297 g/mol. The van der Waals surface area contributed by atoms with Crippen LogP contribution in [0.4, 0.5) is 13.2 Å². The summed E-state index contributed by atoms with van der Waals surface area (Å²) in [6.07, 6.45) is -5.79. The first-order chi connectivity index (χ1) is 10.1. The molecule has 0 aliphatic carbocycles. The van der Waals surface area contributed by atoms with E-state index in [1.807, 2.05) is 13.8 Å². The lowest BCUT2D eigenvalue weighted by molar-refractivity contribution is -0.299. The lowest BCUT2D eigenvalue weighted by Gasteiger charge is -2.33. The van der Waals surface area contributed by atoms with Crippen LogP contribution in [0.2, 0.25) is 0 Å². The van der Waals surface area contributed by atoms with E-state index < -0.39 is 24.2 Å². The molecule has 1 aliphatic heterocycles. The zero-order valence-electron chi connectivity index (χ0n) is 12.2. The number of benzene rings is 1. The number of hydrazine groups is 1. The van der Waals surface area contributed by atoms with Gasteiger partial charge in [0.15, 0.2) is 0 Å². The van der Waals surface area contributed by atoms with Crippen molar-refractivity contribution in [3.05, 3.63) is 47.7 Å². The van der Waals surface area contributed by atoms with Crippen LogP contribution in [0, 0.1) is 0 Å². The predicted molar refractivity (Wildman–Crippen MR) is 74.6 cm³/mol. The van der Waals surface area contributed by atoms with Gasteiger partial charge in [-0.15, -0.1) is 0 Å². The highest BCUT2D eigenvalue weighted by Crippen LogP contribution is 2.41. The van der Waals surface area contributed by atoms with Crippen molar-refractivity contribution in [1.82, 2.24) is 10.4 Å². The van der Waals surface area contributed by atoms with Crippen LogP contribution < -0.4 is 5.43 Å². The maximum Gasteiger partial charge on any atom is 0.438 e. The van der Waals surface area contributed by atoms with Crippen LogP contribution >= 0.6 is 0 Å². The van der Waals surface area contributed by atoms with Crippen molar-refractivity contribution in [2.75, 3.05) is 0 Å². The van der Waals surface area contributed by atoms with Gasteiger partial charge in [-0.1, -0.05) is 32.6 Å². The maximum atomic E-state index is 13.1. The molecular formula is C15H17F3N2O2. The molecule has 7 heteroatoms. The van der Waals surface area contributed by atoms with Crippen LogP contribution in [0.25, 0.3) is 0 Å². The first kappa shape index (κ1) is 16.4. The summed E-state index contributed by atoms with van der Waals surface area (Å²) in [5.74, 6) is -0.727. The second kappa shape index (κ2) is 5.31. The SMILES string of the molecule is C=C1CC(O)(C(F)(F)F)N(C(=O)c2ccc(C(C)C)cc2)N1. The van der Waals surface area contributed by atoms with Crippen LogP contribution in [-0.4, -0.2) is 27.9 Å². The quantitative estimate of drug-likeness (QED) is 0.882. The molecule has 0 bridgehead atoms. The molecule has 2 N–H and O–H groups in total. The van der Waals surface area contributed by atoms with Gasteiger partial charge in [-0.3, -0.25) is 10.2 Å². The van der Waals surface area contributed by atoms with Gasteiger partial charge in [-0.2, -0.15) is 13.2 Å². The third kappa shape index (κ3) is 2.68. The fraction of sp³-hybridized carbons (Fsp3) is 0.400. The minimum atomic E-state index is -4.99. The van der Waals surface area contributed by atoms with Crippen LogP contribution in [-0.2, 0) is 0 Å². The summed E-state index contributed by atoms with van der Waals surface area (Å²) in [5, 5.41) is 10.1. The van der Waals surface area contributed by atoms with Gasteiger partial charge < -0.3 is 5.11 Å². The van der Waals surface area contributed by atoms with Crippen molar-refractivity contribution < 1.29 is 23.1 Å².